The van der Waals surface area contributed by atoms with Crippen LogP contribution in [0.1, 0.15) is 19.3 Å². The summed E-state index contributed by atoms with van der Waals surface area (Å²) in [6.45, 7) is 3.07. The Bertz CT molecular complexity index is 384. The molecule has 1 unspecified atom stereocenters. The molecule has 0 aromatic carbocycles. The van der Waals surface area contributed by atoms with Gasteiger partial charge in [-0.25, -0.2) is 0 Å². The molecule has 1 aliphatic heterocycles. The Morgan fingerprint density at radius 1 is 1.44 bits per heavy atom. The van der Waals surface area contributed by atoms with Crippen molar-refractivity contribution in [2.45, 2.75) is 19.3 Å². The Labute approximate surface area is 112 Å². The van der Waals surface area contributed by atoms with Gasteiger partial charge in [0.05, 0.1) is 7.11 Å². The third-order valence-corrected chi connectivity index (χ3v) is 3.17. The van der Waals surface area contributed by atoms with Gasteiger partial charge in [-0.15, -0.1) is 0 Å². The molecule has 0 amide bonds. The van der Waals surface area contributed by atoms with Crippen molar-refractivity contribution in [2.75, 3.05) is 32.1 Å². The van der Waals surface area contributed by atoms with E-state index >= 15 is 0 Å². The van der Waals surface area contributed by atoms with Crippen molar-refractivity contribution >= 4 is 17.5 Å². The van der Waals surface area contributed by atoms with Crippen LogP contribution in [0.4, 0.5) is 5.95 Å². The number of piperidine rings is 1. The molecule has 2 N–H and O–H groups in total. The molecule has 18 heavy (non-hydrogen) atoms. The Morgan fingerprint density at radius 2 is 2.33 bits per heavy atom. The van der Waals surface area contributed by atoms with Crippen molar-refractivity contribution in [1.82, 2.24) is 20.3 Å². The van der Waals surface area contributed by atoms with Gasteiger partial charge in [-0.05, 0) is 49.9 Å². The first-order valence-corrected chi connectivity index (χ1v) is 6.56. The molecule has 2 heterocycles. The molecule has 0 saturated carbocycles. The van der Waals surface area contributed by atoms with Crippen molar-refractivity contribution in [1.29, 1.82) is 0 Å². The highest BCUT2D eigenvalue weighted by Crippen LogP contribution is 2.15. The van der Waals surface area contributed by atoms with Crippen LogP contribution in [0.5, 0.6) is 6.01 Å². The normalized spacial score (nSPS) is 19.6. The number of anilines is 1. The monoisotopic (exact) mass is 271 g/mol. The summed E-state index contributed by atoms with van der Waals surface area (Å²) in [5.41, 5.74) is 0. The van der Waals surface area contributed by atoms with Crippen LogP contribution in [-0.2, 0) is 0 Å². The van der Waals surface area contributed by atoms with Gasteiger partial charge in [0, 0.05) is 6.54 Å². The summed E-state index contributed by atoms with van der Waals surface area (Å²) in [5, 5.41) is 6.70. The highest BCUT2D eigenvalue weighted by atomic mass is 35.5. The van der Waals surface area contributed by atoms with Gasteiger partial charge in [-0.1, -0.05) is 0 Å². The highest BCUT2D eigenvalue weighted by Gasteiger charge is 2.12. The fourth-order valence-electron chi connectivity index (χ4n) is 2.06. The summed E-state index contributed by atoms with van der Waals surface area (Å²) in [7, 11) is 1.50. The molecule has 0 spiro atoms. The summed E-state index contributed by atoms with van der Waals surface area (Å²) < 4.78 is 4.94. The second-order valence-corrected chi connectivity index (χ2v) is 4.68. The zero-order valence-corrected chi connectivity index (χ0v) is 11.2. The average Bonchev–Trinajstić information content (AvgIpc) is 2.39. The minimum Gasteiger partial charge on any atom is -0.467 e. The molecular formula is C11H18ClN5O. The molecule has 7 heteroatoms. The summed E-state index contributed by atoms with van der Waals surface area (Å²) in [6, 6.07) is 0.233. The number of nitrogens with one attached hydrogen (secondary N) is 2. The maximum Gasteiger partial charge on any atom is 0.322 e. The molecule has 1 aliphatic rings. The van der Waals surface area contributed by atoms with E-state index < -0.39 is 0 Å². The fraction of sp³-hybridized carbons (Fsp3) is 0.727. The summed E-state index contributed by atoms with van der Waals surface area (Å²) in [6.07, 6.45) is 3.64. The topological polar surface area (TPSA) is 72.0 Å². The smallest absolute Gasteiger partial charge is 0.322 e. The number of ether oxygens (including phenoxy) is 1. The Kier molecular flexibility index (Phi) is 4.95. The van der Waals surface area contributed by atoms with E-state index in [9.17, 15) is 0 Å². The van der Waals surface area contributed by atoms with Crippen molar-refractivity contribution in [2.24, 2.45) is 5.92 Å². The van der Waals surface area contributed by atoms with E-state index in [0.717, 1.165) is 32.0 Å². The first kappa shape index (κ1) is 13.3. The maximum absolute atomic E-state index is 5.76. The maximum atomic E-state index is 5.76. The first-order chi connectivity index (χ1) is 8.78. The minimum absolute atomic E-state index is 0.142. The summed E-state index contributed by atoms with van der Waals surface area (Å²) >= 11 is 5.76. The molecule has 0 radical (unpaired) electrons. The Hall–Kier alpha value is -1.14. The van der Waals surface area contributed by atoms with Crippen molar-refractivity contribution in [3.63, 3.8) is 0 Å². The molecular weight excluding hydrogens is 254 g/mol. The standard InChI is InChI=1S/C11H18ClN5O/c1-18-11-16-9(12)15-10(17-11)14-6-4-8-3-2-5-13-7-8/h8,13H,2-7H2,1H3,(H,14,15,16,17). The van der Waals surface area contributed by atoms with Gasteiger partial charge in [0.15, 0.2) is 0 Å². The molecule has 0 aliphatic carbocycles. The van der Waals surface area contributed by atoms with Crippen LogP contribution in [0.3, 0.4) is 0 Å². The molecule has 1 atom stereocenters. The van der Waals surface area contributed by atoms with Gasteiger partial charge in [0.25, 0.3) is 0 Å². The predicted molar refractivity (Wildman–Crippen MR) is 70.1 cm³/mol. The van der Waals surface area contributed by atoms with Crippen LogP contribution in [0.2, 0.25) is 5.28 Å². The molecule has 1 fully saturated rings. The molecule has 100 valence electrons. The largest absolute Gasteiger partial charge is 0.467 e. The molecule has 0 bridgehead atoms. The quantitative estimate of drug-likeness (QED) is 0.842. The van der Waals surface area contributed by atoms with Gasteiger partial charge >= 0.3 is 6.01 Å². The Balaban J connectivity index is 1.80. The SMILES string of the molecule is COc1nc(Cl)nc(NCCC2CCCNC2)n1. The van der Waals surface area contributed by atoms with Crippen molar-refractivity contribution in [3.05, 3.63) is 5.28 Å². The molecule has 2 rings (SSSR count). The number of nitrogens with zero attached hydrogens (tertiary/aromatic N) is 3. The minimum atomic E-state index is 0.142. The van der Waals surface area contributed by atoms with Crippen LogP contribution in [-0.4, -0.2) is 41.7 Å². The molecule has 6 nitrogen and oxygen atoms in total. The van der Waals surface area contributed by atoms with Gasteiger partial charge in [0.1, 0.15) is 0 Å². The van der Waals surface area contributed by atoms with Crippen molar-refractivity contribution < 1.29 is 4.74 Å². The predicted octanol–water partition coefficient (Wildman–Crippen LogP) is 1.34. The zero-order chi connectivity index (χ0) is 12.8. The van der Waals surface area contributed by atoms with E-state index in [2.05, 4.69) is 25.6 Å². The number of methoxy groups -OCH3 is 1. The van der Waals surface area contributed by atoms with Gasteiger partial charge in [-0.2, -0.15) is 15.0 Å². The lowest BCUT2D eigenvalue weighted by Gasteiger charge is -2.22. The van der Waals surface area contributed by atoms with Crippen LogP contribution in [0, 0.1) is 5.92 Å². The molecule has 1 aromatic heterocycles. The van der Waals surface area contributed by atoms with E-state index in [0.29, 0.717) is 5.95 Å². The second-order valence-electron chi connectivity index (χ2n) is 4.34. The van der Waals surface area contributed by atoms with Crippen LogP contribution in [0.25, 0.3) is 0 Å². The van der Waals surface area contributed by atoms with Crippen LogP contribution in [0.15, 0.2) is 0 Å². The van der Waals surface area contributed by atoms with Crippen LogP contribution >= 0.6 is 11.6 Å². The average molecular weight is 272 g/mol. The number of halogens is 1. The molecule has 1 aromatic rings. The second kappa shape index (κ2) is 6.70. The number of hydrogen-bond donors (Lipinski definition) is 2. The lowest BCUT2D eigenvalue weighted by Crippen LogP contribution is -2.30. The zero-order valence-electron chi connectivity index (χ0n) is 10.4. The van der Waals surface area contributed by atoms with Crippen molar-refractivity contribution in [3.8, 4) is 6.01 Å². The number of rotatable bonds is 5. The number of aromatic nitrogens is 3. The summed E-state index contributed by atoms with van der Waals surface area (Å²) in [4.78, 5) is 11.9. The van der Waals surface area contributed by atoms with Crippen LogP contribution < -0.4 is 15.4 Å². The highest BCUT2D eigenvalue weighted by molar-refractivity contribution is 6.28. The fourth-order valence-corrected chi connectivity index (χ4v) is 2.21. The lowest BCUT2D eigenvalue weighted by atomic mass is 9.96. The van der Waals surface area contributed by atoms with E-state index in [-0.39, 0.29) is 11.3 Å². The lowest BCUT2D eigenvalue weighted by molar-refractivity contribution is 0.364. The van der Waals surface area contributed by atoms with Gasteiger partial charge < -0.3 is 15.4 Å². The summed E-state index contributed by atoms with van der Waals surface area (Å²) in [5.74, 6) is 1.20. The van der Waals surface area contributed by atoms with E-state index in [1.165, 1.54) is 20.0 Å². The first-order valence-electron chi connectivity index (χ1n) is 6.18. The van der Waals surface area contributed by atoms with E-state index in [1.54, 1.807) is 0 Å². The van der Waals surface area contributed by atoms with E-state index in [4.69, 9.17) is 16.3 Å². The van der Waals surface area contributed by atoms with E-state index in [1.807, 2.05) is 0 Å². The van der Waals surface area contributed by atoms with Gasteiger partial charge in [0.2, 0.25) is 11.2 Å². The third-order valence-electron chi connectivity index (χ3n) is 3.00. The van der Waals surface area contributed by atoms with Gasteiger partial charge in [-0.3, -0.25) is 0 Å². The third kappa shape index (κ3) is 3.96. The Morgan fingerprint density at radius 3 is 3.06 bits per heavy atom. The number of hydrogen-bond acceptors (Lipinski definition) is 6. The molecule has 1 saturated heterocycles.